The van der Waals surface area contributed by atoms with Gasteiger partial charge < -0.3 is 19.5 Å². The Balaban J connectivity index is 2.01. The first-order valence-corrected chi connectivity index (χ1v) is 7.55. The number of hydrogen-bond acceptors (Lipinski definition) is 7. The number of ether oxygens (including phenoxy) is 3. The fourth-order valence-electron chi connectivity index (χ4n) is 1.65. The Kier molecular flexibility index (Phi) is 6.23. The first-order valence-electron chi connectivity index (χ1n) is 6.56. The molecule has 1 amide bonds. The number of thioether (sulfide) groups is 1. The summed E-state index contributed by atoms with van der Waals surface area (Å²) in [6.45, 7) is 0.956. The second-order valence-corrected chi connectivity index (χ2v) is 5.20. The zero-order valence-electron chi connectivity index (χ0n) is 12.4. The van der Waals surface area contributed by atoms with Crippen LogP contribution in [-0.4, -0.2) is 50.5 Å². The summed E-state index contributed by atoms with van der Waals surface area (Å²) >= 11 is 1.33. The zero-order valence-corrected chi connectivity index (χ0v) is 13.2. The van der Waals surface area contributed by atoms with Crippen molar-refractivity contribution in [3.63, 3.8) is 0 Å². The molecule has 0 spiro atoms. The number of amides is 1. The fourth-order valence-corrected chi connectivity index (χ4v) is 2.28. The Morgan fingerprint density at radius 2 is 2.18 bits per heavy atom. The van der Waals surface area contributed by atoms with Crippen LogP contribution in [0, 0.1) is 0 Å². The van der Waals surface area contributed by atoms with Gasteiger partial charge in [-0.3, -0.25) is 4.79 Å². The topological polar surface area (TPSA) is 81.5 Å². The zero-order chi connectivity index (χ0) is 15.8. The van der Waals surface area contributed by atoms with Crippen LogP contribution in [0.15, 0.2) is 28.4 Å². The highest BCUT2D eigenvalue weighted by Crippen LogP contribution is 2.27. The van der Waals surface area contributed by atoms with E-state index in [2.05, 4.69) is 15.5 Å². The van der Waals surface area contributed by atoms with Crippen molar-refractivity contribution in [3.05, 3.63) is 23.8 Å². The van der Waals surface area contributed by atoms with Crippen LogP contribution in [0.2, 0.25) is 0 Å². The molecule has 7 nitrogen and oxygen atoms in total. The third kappa shape index (κ3) is 4.74. The Morgan fingerprint density at radius 3 is 2.86 bits per heavy atom. The molecule has 22 heavy (non-hydrogen) atoms. The van der Waals surface area contributed by atoms with Gasteiger partial charge in [0.25, 0.3) is 0 Å². The summed E-state index contributed by atoms with van der Waals surface area (Å²) < 4.78 is 15.8. The van der Waals surface area contributed by atoms with Gasteiger partial charge in [0, 0.05) is 7.11 Å². The summed E-state index contributed by atoms with van der Waals surface area (Å²) in [7, 11) is 3.19. The van der Waals surface area contributed by atoms with Crippen molar-refractivity contribution in [2.75, 3.05) is 33.2 Å². The first-order chi connectivity index (χ1) is 10.7. The molecule has 1 aliphatic heterocycles. The largest absolute Gasteiger partial charge is 0.493 e. The first kappa shape index (κ1) is 16.3. The van der Waals surface area contributed by atoms with E-state index in [1.54, 1.807) is 32.6 Å². The predicted molar refractivity (Wildman–Crippen MR) is 86.0 cm³/mol. The van der Waals surface area contributed by atoms with Crippen molar-refractivity contribution >= 4 is 29.1 Å². The summed E-state index contributed by atoms with van der Waals surface area (Å²) in [6, 6.07) is 5.44. The molecule has 1 aliphatic rings. The van der Waals surface area contributed by atoms with E-state index in [0.29, 0.717) is 35.6 Å². The van der Waals surface area contributed by atoms with Crippen LogP contribution in [0.1, 0.15) is 5.56 Å². The highest BCUT2D eigenvalue weighted by molar-refractivity contribution is 8.15. The maximum absolute atomic E-state index is 11.0. The SMILES string of the molecule is COCCOc1ccc(C=NN=C2NC(=O)CS2)cc1OC. The Bertz CT molecular complexity index is 589. The number of nitrogens with zero attached hydrogens (tertiary/aromatic N) is 2. The van der Waals surface area contributed by atoms with Crippen LogP contribution in [0.5, 0.6) is 11.5 Å². The standard InChI is InChI=1S/C14H17N3O4S/c1-19-5-6-21-11-4-3-10(7-12(11)20-2)8-15-17-14-16-13(18)9-22-14/h3-4,7-8H,5-6,9H2,1-2H3,(H,16,17,18). The fraction of sp³-hybridized carbons (Fsp3) is 0.357. The molecule has 2 rings (SSSR count). The number of nitrogens with one attached hydrogen (secondary N) is 1. The van der Waals surface area contributed by atoms with Crippen LogP contribution in [-0.2, 0) is 9.53 Å². The molecule has 1 aromatic rings. The molecule has 0 aliphatic carbocycles. The molecule has 1 aromatic carbocycles. The van der Waals surface area contributed by atoms with Gasteiger partial charge in [-0.15, -0.1) is 5.10 Å². The van der Waals surface area contributed by atoms with Crippen LogP contribution < -0.4 is 14.8 Å². The lowest BCUT2D eigenvalue weighted by atomic mass is 10.2. The van der Waals surface area contributed by atoms with E-state index in [1.165, 1.54) is 11.8 Å². The van der Waals surface area contributed by atoms with Crippen LogP contribution in [0.4, 0.5) is 0 Å². The van der Waals surface area contributed by atoms with Gasteiger partial charge >= 0.3 is 0 Å². The number of amidine groups is 1. The minimum Gasteiger partial charge on any atom is -0.493 e. The Morgan fingerprint density at radius 1 is 1.32 bits per heavy atom. The molecule has 0 bridgehead atoms. The van der Waals surface area contributed by atoms with Gasteiger partial charge in [-0.2, -0.15) is 5.10 Å². The van der Waals surface area contributed by atoms with E-state index in [1.807, 2.05) is 6.07 Å². The van der Waals surface area contributed by atoms with E-state index in [9.17, 15) is 4.79 Å². The number of benzene rings is 1. The molecular weight excluding hydrogens is 306 g/mol. The van der Waals surface area contributed by atoms with Crippen molar-refractivity contribution in [2.45, 2.75) is 0 Å². The maximum Gasteiger partial charge on any atom is 0.236 e. The molecule has 0 unspecified atom stereocenters. The number of hydrogen-bond donors (Lipinski definition) is 1. The second-order valence-electron chi connectivity index (χ2n) is 4.24. The Labute approximate surface area is 132 Å². The number of methoxy groups -OCH3 is 2. The van der Waals surface area contributed by atoms with Crippen LogP contribution >= 0.6 is 11.8 Å². The van der Waals surface area contributed by atoms with Crippen molar-refractivity contribution in [2.24, 2.45) is 10.2 Å². The highest BCUT2D eigenvalue weighted by Gasteiger charge is 2.15. The minimum absolute atomic E-state index is 0.0572. The molecule has 1 heterocycles. The molecule has 0 atom stereocenters. The third-order valence-corrected chi connectivity index (χ3v) is 3.54. The lowest BCUT2D eigenvalue weighted by Crippen LogP contribution is -2.19. The van der Waals surface area contributed by atoms with Gasteiger partial charge in [-0.25, -0.2) is 0 Å². The summed E-state index contributed by atoms with van der Waals surface area (Å²) in [4.78, 5) is 11.0. The van der Waals surface area contributed by atoms with Crippen molar-refractivity contribution in [3.8, 4) is 11.5 Å². The quantitative estimate of drug-likeness (QED) is 0.464. The highest BCUT2D eigenvalue weighted by atomic mass is 32.2. The molecule has 8 heteroatoms. The van der Waals surface area contributed by atoms with Gasteiger partial charge in [0.15, 0.2) is 16.7 Å². The molecular formula is C14H17N3O4S. The maximum atomic E-state index is 11.0. The van der Waals surface area contributed by atoms with Gasteiger partial charge in [0.1, 0.15) is 6.61 Å². The molecule has 118 valence electrons. The van der Waals surface area contributed by atoms with Crippen molar-refractivity contribution in [1.82, 2.24) is 5.32 Å². The average molecular weight is 323 g/mol. The molecule has 0 aromatic heterocycles. The predicted octanol–water partition coefficient (Wildman–Crippen LogP) is 1.27. The minimum atomic E-state index is -0.0572. The third-order valence-electron chi connectivity index (χ3n) is 2.67. The van der Waals surface area contributed by atoms with E-state index in [4.69, 9.17) is 14.2 Å². The molecule has 1 N–H and O–H groups in total. The van der Waals surface area contributed by atoms with Gasteiger partial charge in [0.05, 0.1) is 25.7 Å². The van der Waals surface area contributed by atoms with E-state index < -0.39 is 0 Å². The van der Waals surface area contributed by atoms with Crippen molar-refractivity contribution < 1.29 is 19.0 Å². The molecule has 1 saturated heterocycles. The van der Waals surface area contributed by atoms with Gasteiger partial charge in [0.2, 0.25) is 5.91 Å². The van der Waals surface area contributed by atoms with Crippen LogP contribution in [0.3, 0.4) is 0 Å². The smallest absolute Gasteiger partial charge is 0.236 e. The monoisotopic (exact) mass is 323 g/mol. The lowest BCUT2D eigenvalue weighted by Gasteiger charge is -2.10. The lowest BCUT2D eigenvalue weighted by molar-refractivity contribution is -0.116. The molecule has 1 fully saturated rings. The summed E-state index contributed by atoms with van der Waals surface area (Å²) in [5.74, 6) is 1.58. The normalized spacial score (nSPS) is 16.3. The second kappa shape index (κ2) is 8.40. The number of carbonyl (C=O) groups excluding carboxylic acids is 1. The van der Waals surface area contributed by atoms with E-state index >= 15 is 0 Å². The molecule has 0 radical (unpaired) electrons. The van der Waals surface area contributed by atoms with Crippen molar-refractivity contribution in [1.29, 1.82) is 0 Å². The van der Waals surface area contributed by atoms with Gasteiger partial charge in [-0.1, -0.05) is 11.8 Å². The van der Waals surface area contributed by atoms with Crippen LogP contribution in [0.25, 0.3) is 0 Å². The number of rotatable bonds is 7. The van der Waals surface area contributed by atoms with E-state index in [-0.39, 0.29) is 5.91 Å². The number of carbonyl (C=O) groups is 1. The Hall–Kier alpha value is -2.06. The molecule has 0 saturated carbocycles. The van der Waals surface area contributed by atoms with Gasteiger partial charge in [-0.05, 0) is 23.8 Å². The average Bonchev–Trinajstić information content (AvgIpc) is 2.94. The van der Waals surface area contributed by atoms with E-state index in [0.717, 1.165) is 5.56 Å². The summed E-state index contributed by atoms with van der Waals surface area (Å²) in [5, 5.41) is 11.0. The summed E-state index contributed by atoms with van der Waals surface area (Å²) in [6.07, 6.45) is 1.58. The summed E-state index contributed by atoms with van der Waals surface area (Å²) in [5.41, 5.74) is 0.814.